The van der Waals surface area contributed by atoms with E-state index in [0.29, 0.717) is 11.4 Å². The van der Waals surface area contributed by atoms with Crippen LogP contribution in [0.2, 0.25) is 0 Å². The number of carbonyl (C=O) groups excluding carboxylic acids is 1. The number of sulfonamides is 1. The molecule has 29 heavy (non-hydrogen) atoms. The van der Waals surface area contributed by atoms with Crippen LogP contribution in [0.15, 0.2) is 71.6 Å². The molecule has 152 valence electrons. The van der Waals surface area contributed by atoms with Gasteiger partial charge in [-0.05, 0) is 56.5 Å². The van der Waals surface area contributed by atoms with E-state index in [1.54, 1.807) is 32.9 Å². The minimum Gasteiger partial charge on any atom is -0.480 e. The van der Waals surface area contributed by atoms with Crippen LogP contribution in [-0.2, 0) is 14.8 Å². The third kappa shape index (κ3) is 5.13. The fraction of sp³-hybridized carbons (Fsp3) is 0.227. The van der Waals surface area contributed by atoms with E-state index in [1.807, 2.05) is 42.5 Å². The fourth-order valence-corrected chi connectivity index (χ4v) is 4.13. The van der Waals surface area contributed by atoms with Crippen LogP contribution in [0.25, 0.3) is 10.8 Å². The lowest BCUT2D eigenvalue weighted by molar-refractivity contribution is -0.122. The molecule has 0 unspecified atom stereocenters. The fourth-order valence-electron chi connectivity index (χ4n) is 2.88. The summed E-state index contributed by atoms with van der Waals surface area (Å²) in [4.78, 5) is 12.7. The normalized spacial score (nSPS) is 12.7. The van der Waals surface area contributed by atoms with Crippen molar-refractivity contribution < 1.29 is 17.9 Å². The second-order valence-electron chi connectivity index (χ2n) is 7.03. The lowest BCUT2D eigenvalue weighted by Crippen LogP contribution is -2.31. The van der Waals surface area contributed by atoms with Crippen LogP contribution in [0.5, 0.6) is 5.75 Å². The van der Waals surface area contributed by atoms with Crippen LogP contribution < -0.4 is 14.8 Å². The Kier molecular flexibility index (Phi) is 6.20. The van der Waals surface area contributed by atoms with E-state index in [-0.39, 0.29) is 16.8 Å². The molecule has 0 spiro atoms. The van der Waals surface area contributed by atoms with E-state index in [2.05, 4.69) is 10.0 Å². The molecule has 0 fully saturated rings. The minimum absolute atomic E-state index is 0.143. The highest BCUT2D eigenvalue weighted by Gasteiger charge is 2.18. The summed E-state index contributed by atoms with van der Waals surface area (Å²) in [6, 6.07) is 19.3. The van der Waals surface area contributed by atoms with E-state index in [1.165, 1.54) is 12.1 Å². The SMILES string of the molecule is CC(C)NS(=O)(=O)c1ccc(NC(=O)[C@@H](C)Oc2cccc3ccccc23)cc1. The molecular formula is C22H24N2O4S. The average molecular weight is 413 g/mol. The number of benzene rings is 3. The van der Waals surface area contributed by atoms with E-state index in [9.17, 15) is 13.2 Å². The number of carbonyl (C=O) groups is 1. The van der Waals surface area contributed by atoms with Crippen molar-refractivity contribution in [2.75, 3.05) is 5.32 Å². The van der Waals surface area contributed by atoms with Crippen LogP contribution in [0.1, 0.15) is 20.8 Å². The molecule has 0 saturated carbocycles. The zero-order valence-electron chi connectivity index (χ0n) is 16.5. The highest BCUT2D eigenvalue weighted by molar-refractivity contribution is 7.89. The van der Waals surface area contributed by atoms with Gasteiger partial charge in [-0.25, -0.2) is 13.1 Å². The molecule has 3 aromatic rings. The van der Waals surface area contributed by atoms with Gasteiger partial charge in [-0.15, -0.1) is 0 Å². The van der Waals surface area contributed by atoms with Crippen molar-refractivity contribution in [3.8, 4) is 5.75 Å². The van der Waals surface area contributed by atoms with Gasteiger partial charge < -0.3 is 10.1 Å². The highest BCUT2D eigenvalue weighted by Crippen LogP contribution is 2.26. The van der Waals surface area contributed by atoms with Crippen LogP contribution in [0.3, 0.4) is 0 Å². The molecule has 1 amide bonds. The number of anilines is 1. The molecular weight excluding hydrogens is 388 g/mol. The van der Waals surface area contributed by atoms with Gasteiger partial charge in [-0.3, -0.25) is 4.79 Å². The molecule has 0 saturated heterocycles. The van der Waals surface area contributed by atoms with Crippen molar-refractivity contribution in [3.05, 3.63) is 66.7 Å². The summed E-state index contributed by atoms with van der Waals surface area (Å²) in [6.45, 7) is 5.18. The summed E-state index contributed by atoms with van der Waals surface area (Å²) in [5.74, 6) is 0.306. The van der Waals surface area contributed by atoms with Crippen LogP contribution in [0, 0.1) is 0 Å². The molecule has 2 N–H and O–H groups in total. The Morgan fingerprint density at radius 2 is 1.55 bits per heavy atom. The summed E-state index contributed by atoms with van der Waals surface area (Å²) >= 11 is 0. The number of amides is 1. The third-order valence-corrected chi connectivity index (χ3v) is 5.92. The van der Waals surface area contributed by atoms with Crippen LogP contribution in [0.4, 0.5) is 5.69 Å². The second-order valence-corrected chi connectivity index (χ2v) is 8.74. The van der Waals surface area contributed by atoms with E-state index < -0.39 is 16.1 Å². The zero-order valence-corrected chi connectivity index (χ0v) is 17.4. The minimum atomic E-state index is -3.57. The van der Waals surface area contributed by atoms with E-state index >= 15 is 0 Å². The van der Waals surface area contributed by atoms with Gasteiger partial charge in [0, 0.05) is 17.1 Å². The molecule has 1 atom stereocenters. The number of ether oxygens (including phenoxy) is 1. The lowest BCUT2D eigenvalue weighted by Gasteiger charge is -2.16. The average Bonchev–Trinajstić information content (AvgIpc) is 2.67. The monoisotopic (exact) mass is 412 g/mol. The smallest absolute Gasteiger partial charge is 0.265 e. The van der Waals surface area contributed by atoms with Gasteiger partial charge in [-0.1, -0.05) is 36.4 Å². The Morgan fingerprint density at radius 1 is 0.897 bits per heavy atom. The van der Waals surface area contributed by atoms with Crippen molar-refractivity contribution in [2.24, 2.45) is 0 Å². The number of rotatable bonds is 7. The van der Waals surface area contributed by atoms with Gasteiger partial charge in [0.25, 0.3) is 5.91 Å². The maximum atomic E-state index is 12.5. The zero-order chi connectivity index (χ0) is 21.0. The summed E-state index contributed by atoms with van der Waals surface area (Å²) in [7, 11) is -3.57. The first kappa shape index (κ1) is 20.8. The first-order chi connectivity index (χ1) is 13.8. The molecule has 0 aliphatic heterocycles. The Morgan fingerprint density at radius 3 is 2.24 bits per heavy atom. The standard InChI is InChI=1S/C22H24N2O4S/c1-15(2)24-29(26,27)19-13-11-18(12-14-19)23-22(25)16(3)28-21-10-6-8-17-7-4-5-9-20(17)21/h4-16,24H,1-3H3,(H,23,25)/t16-/m1/s1. The van der Waals surface area contributed by atoms with Gasteiger partial charge in [0.05, 0.1) is 4.90 Å². The Labute approximate surface area is 170 Å². The second kappa shape index (κ2) is 8.63. The lowest BCUT2D eigenvalue weighted by atomic mass is 10.1. The Hall–Kier alpha value is -2.90. The van der Waals surface area contributed by atoms with Gasteiger partial charge >= 0.3 is 0 Å². The molecule has 0 aromatic heterocycles. The van der Waals surface area contributed by atoms with Crippen molar-refractivity contribution in [3.63, 3.8) is 0 Å². The van der Waals surface area contributed by atoms with Crippen molar-refractivity contribution >= 4 is 32.4 Å². The first-order valence-corrected chi connectivity index (χ1v) is 10.8. The molecule has 0 aliphatic carbocycles. The number of hydrogen-bond acceptors (Lipinski definition) is 4. The predicted octanol–water partition coefficient (Wildman–Crippen LogP) is 3.93. The number of hydrogen-bond donors (Lipinski definition) is 2. The topological polar surface area (TPSA) is 84.5 Å². The quantitative estimate of drug-likeness (QED) is 0.616. The van der Waals surface area contributed by atoms with Gasteiger partial charge in [0.2, 0.25) is 10.0 Å². The molecule has 0 heterocycles. The van der Waals surface area contributed by atoms with Crippen molar-refractivity contribution in [1.82, 2.24) is 4.72 Å². The van der Waals surface area contributed by atoms with Crippen molar-refractivity contribution in [2.45, 2.75) is 37.8 Å². The third-order valence-electron chi connectivity index (χ3n) is 4.25. The molecule has 0 aliphatic rings. The summed E-state index contributed by atoms with van der Waals surface area (Å²) in [5, 5.41) is 4.71. The predicted molar refractivity (Wildman–Crippen MR) is 115 cm³/mol. The maximum absolute atomic E-state index is 12.5. The Bertz CT molecular complexity index is 1100. The van der Waals surface area contributed by atoms with Gasteiger partial charge in [0.15, 0.2) is 6.10 Å². The summed E-state index contributed by atoms with van der Waals surface area (Å²) < 4.78 is 32.7. The highest BCUT2D eigenvalue weighted by atomic mass is 32.2. The largest absolute Gasteiger partial charge is 0.480 e. The van der Waals surface area contributed by atoms with Crippen LogP contribution >= 0.6 is 0 Å². The van der Waals surface area contributed by atoms with E-state index in [4.69, 9.17) is 4.74 Å². The van der Waals surface area contributed by atoms with Gasteiger partial charge in [0.1, 0.15) is 5.75 Å². The van der Waals surface area contributed by atoms with E-state index in [0.717, 1.165) is 10.8 Å². The molecule has 3 rings (SSSR count). The van der Waals surface area contributed by atoms with Gasteiger partial charge in [-0.2, -0.15) is 0 Å². The molecule has 0 radical (unpaired) electrons. The van der Waals surface area contributed by atoms with Crippen molar-refractivity contribution in [1.29, 1.82) is 0 Å². The number of nitrogens with one attached hydrogen (secondary N) is 2. The first-order valence-electron chi connectivity index (χ1n) is 9.34. The molecule has 0 bridgehead atoms. The summed E-state index contributed by atoms with van der Waals surface area (Å²) in [5.41, 5.74) is 0.492. The summed E-state index contributed by atoms with van der Waals surface area (Å²) in [6.07, 6.45) is -0.730. The van der Waals surface area contributed by atoms with Crippen LogP contribution in [-0.4, -0.2) is 26.5 Å². The number of fused-ring (bicyclic) bond motifs is 1. The molecule has 3 aromatic carbocycles. The Balaban J connectivity index is 1.68. The molecule has 6 nitrogen and oxygen atoms in total. The maximum Gasteiger partial charge on any atom is 0.265 e. The molecule has 7 heteroatoms.